The quantitative estimate of drug-likeness (QED) is 0.648. The topological polar surface area (TPSA) is 35.5 Å². The van der Waals surface area contributed by atoms with Crippen LogP contribution in [0.15, 0.2) is 0 Å². The van der Waals surface area contributed by atoms with Crippen LogP contribution >= 0.6 is 11.8 Å². The molecule has 76 valence electrons. The van der Waals surface area contributed by atoms with Crippen molar-refractivity contribution in [1.82, 2.24) is 10.2 Å². The van der Waals surface area contributed by atoms with Crippen LogP contribution in [-0.2, 0) is 0 Å². The van der Waals surface area contributed by atoms with Crippen molar-refractivity contribution in [2.45, 2.75) is 12.0 Å². The van der Waals surface area contributed by atoms with Gasteiger partial charge in [-0.3, -0.25) is 4.90 Å². The summed E-state index contributed by atoms with van der Waals surface area (Å²) in [6, 6.07) is 0. The SMILES string of the molecule is OCC1(N2CCNCC2)CCSC1. The van der Waals surface area contributed by atoms with Crippen LogP contribution < -0.4 is 5.32 Å². The molecule has 0 spiro atoms. The third-order valence-corrected chi connectivity index (χ3v) is 4.40. The van der Waals surface area contributed by atoms with Gasteiger partial charge in [0.2, 0.25) is 0 Å². The van der Waals surface area contributed by atoms with Crippen LogP contribution in [0.2, 0.25) is 0 Å². The number of aliphatic hydroxyl groups is 1. The molecule has 0 aromatic carbocycles. The fourth-order valence-corrected chi connectivity index (χ4v) is 3.68. The minimum absolute atomic E-state index is 0.118. The average Bonchev–Trinajstić information content (AvgIpc) is 2.69. The summed E-state index contributed by atoms with van der Waals surface area (Å²) < 4.78 is 0. The number of thioether (sulfide) groups is 1. The van der Waals surface area contributed by atoms with E-state index in [1.54, 1.807) is 0 Å². The minimum atomic E-state index is 0.118. The predicted molar refractivity (Wildman–Crippen MR) is 56.2 cm³/mol. The maximum Gasteiger partial charge on any atom is 0.0623 e. The van der Waals surface area contributed by atoms with Crippen LogP contribution in [0.3, 0.4) is 0 Å². The first kappa shape index (κ1) is 9.77. The zero-order chi connectivity index (χ0) is 9.15. The van der Waals surface area contributed by atoms with Gasteiger partial charge in [-0.2, -0.15) is 11.8 Å². The van der Waals surface area contributed by atoms with E-state index in [2.05, 4.69) is 10.2 Å². The molecule has 2 rings (SSSR count). The van der Waals surface area contributed by atoms with E-state index < -0.39 is 0 Å². The number of rotatable bonds is 2. The van der Waals surface area contributed by atoms with Crippen LogP contribution in [0.25, 0.3) is 0 Å². The van der Waals surface area contributed by atoms with Gasteiger partial charge in [0, 0.05) is 31.9 Å². The summed E-state index contributed by atoms with van der Waals surface area (Å²) in [5.74, 6) is 2.33. The van der Waals surface area contributed by atoms with Crippen LogP contribution in [0.1, 0.15) is 6.42 Å². The molecule has 2 aliphatic rings. The van der Waals surface area contributed by atoms with E-state index in [4.69, 9.17) is 0 Å². The Labute approximate surface area is 83.9 Å². The molecule has 0 saturated carbocycles. The van der Waals surface area contributed by atoms with Gasteiger partial charge >= 0.3 is 0 Å². The number of nitrogens with zero attached hydrogens (tertiary/aromatic N) is 1. The molecule has 3 nitrogen and oxygen atoms in total. The Morgan fingerprint density at radius 1 is 1.38 bits per heavy atom. The van der Waals surface area contributed by atoms with Crippen LogP contribution in [-0.4, -0.2) is 59.8 Å². The highest BCUT2D eigenvalue weighted by molar-refractivity contribution is 7.99. The fraction of sp³-hybridized carbons (Fsp3) is 1.00. The number of piperazine rings is 1. The van der Waals surface area contributed by atoms with Crippen molar-refractivity contribution in [2.75, 3.05) is 44.3 Å². The van der Waals surface area contributed by atoms with Gasteiger partial charge in [-0.15, -0.1) is 0 Å². The first-order valence-electron chi connectivity index (χ1n) is 5.02. The molecule has 2 saturated heterocycles. The van der Waals surface area contributed by atoms with Crippen molar-refractivity contribution in [3.05, 3.63) is 0 Å². The summed E-state index contributed by atoms with van der Waals surface area (Å²) in [7, 11) is 0. The van der Waals surface area contributed by atoms with Gasteiger partial charge in [-0.1, -0.05) is 0 Å². The monoisotopic (exact) mass is 202 g/mol. The lowest BCUT2D eigenvalue weighted by Crippen LogP contribution is -2.58. The first-order chi connectivity index (χ1) is 6.37. The summed E-state index contributed by atoms with van der Waals surface area (Å²) in [6.45, 7) is 4.68. The number of aliphatic hydroxyl groups excluding tert-OH is 1. The molecular weight excluding hydrogens is 184 g/mol. The Morgan fingerprint density at radius 2 is 2.15 bits per heavy atom. The number of nitrogens with one attached hydrogen (secondary N) is 1. The van der Waals surface area contributed by atoms with Crippen molar-refractivity contribution in [3.63, 3.8) is 0 Å². The third-order valence-electron chi connectivity index (χ3n) is 3.16. The second kappa shape index (κ2) is 4.17. The molecule has 2 aliphatic heterocycles. The average molecular weight is 202 g/mol. The molecule has 0 radical (unpaired) electrons. The molecule has 2 N–H and O–H groups in total. The summed E-state index contributed by atoms with van der Waals surface area (Å²) in [4.78, 5) is 2.48. The Morgan fingerprint density at radius 3 is 2.69 bits per heavy atom. The van der Waals surface area contributed by atoms with E-state index in [0.717, 1.165) is 38.4 Å². The smallest absolute Gasteiger partial charge is 0.0623 e. The molecule has 1 unspecified atom stereocenters. The van der Waals surface area contributed by atoms with Crippen molar-refractivity contribution in [1.29, 1.82) is 0 Å². The molecule has 0 aliphatic carbocycles. The summed E-state index contributed by atoms with van der Waals surface area (Å²) in [5, 5.41) is 12.8. The highest BCUT2D eigenvalue weighted by Gasteiger charge is 2.39. The van der Waals surface area contributed by atoms with Crippen LogP contribution in [0.5, 0.6) is 0 Å². The van der Waals surface area contributed by atoms with Crippen LogP contribution in [0, 0.1) is 0 Å². The molecule has 2 heterocycles. The predicted octanol–water partition coefficient (Wildman–Crippen LogP) is -0.240. The highest BCUT2D eigenvalue weighted by Crippen LogP contribution is 2.33. The van der Waals surface area contributed by atoms with Gasteiger partial charge in [-0.05, 0) is 12.2 Å². The molecule has 1 atom stereocenters. The van der Waals surface area contributed by atoms with Gasteiger partial charge in [0.15, 0.2) is 0 Å². The van der Waals surface area contributed by atoms with Crippen molar-refractivity contribution in [2.24, 2.45) is 0 Å². The lowest BCUT2D eigenvalue weighted by atomic mass is 9.97. The fourth-order valence-electron chi connectivity index (χ4n) is 2.21. The van der Waals surface area contributed by atoms with E-state index in [1.165, 1.54) is 5.75 Å². The summed E-state index contributed by atoms with van der Waals surface area (Å²) in [6.07, 6.45) is 1.16. The number of hydrogen-bond donors (Lipinski definition) is 2. The molecule has 0 bridgehead atoms. The first-order valence-corrected chi connectivity index (χ1v) is 6.17. The van der Waals surface area contributed by atoms with E-state index in [1.807, 2.05) is 11.8 Å². The van der Waals surface area contributed by atoms with E-state index in [-0.39, 0.29) is 5.54 Å². The van der Waals surface area contributed by atoms with E-state index >= 15 is 0 Å². The Hall–Kier alpha value is 0.230. The third kappa shape index (κ3) is 1.86. The van der Waals surface area contributed by atoms with Gasteiger partial charge in [0.25, 0.3) is 0 Å². The zero-order valence-electron chi connectivity index (χ0n) is 7.96. The molecule has 2 fully saturated rings. The maximum absolute atomic E-state index is 9.49. The molecule has 0 amide bonds. The maximum atomic E-state index is 9.49. The molecule has 13 heavy (non-hydrogen) atoms. The summed E-state index contributed by atoms with van der Waals surface area (Å²) in [5.41, 5.74) is 0.118. The lowest BCUT2D eigenvalue weighted by Gasteiger charge is -2.42. The minimum Gasteiger partial charge on any atom is -0.394 e. The van der Waals surface area contributed by atoms with Crippen molar-refractivity contribution >= 4 is 11.8 Å². The Bertz CT molecular complexity index is 165. The Balaban J connectivity index is 2.01. The second-order valence-electron chi connectivity index (χ2n) is 3.92. The van der Waals surface area contributed by atoms with Crippen LogP contribution in [0.4, 0.5) is 0 Å². The van der Waals surface area contributed by atoms with E-state index in [0.29, 0.717) is 6.61 Å². The Kier molecular flexibility index (Phi) is 3.14. The highest BCUT2D eigenvalue weighted by atomic mass is 32.2. The zero-order valence-corrected chi connectivity index (χ0v) is 8.78. The van der Waals surface area contributed by atoms with Gasteiger partial charge in [-0.25, -0.2) is 0 Å². The molecule has 0 aromatic heterocycles. The van der Waals surface area contributed by atoms with Gasteiger partial charge in [0.05, 0.1) is 12.1 Å². The normalized spacial score (nSPS) is 36.7. The second-order valence-corrected chi connectivity index (χ2v) is 5.03. The largest absolute Gasteiger partial charge is 0.394 e. The van der Waals surface area contributed by atoms with Gasteiger partial charge < -0.3 is 10.4 Å². The van der Waals surface area contributed by atoms with Crippen molar-refractivity contribution < 1.29 is 5.11 Å². The number of hydrogen-bond acceptors (Lipinski definition) is 4. The summed E-state index contributed by atoms with van der Waals surface area (Å²) >= 11 is 1.98. The molecule has 4 heteroatoms. The lowest BCUT2D eigenvalue weighted by molar-refractivity contribution is 0.0396. The van der Waals surface area contributed by atoms with Gasteiger partial charge in [0.1, 0.15) is 0 Å². The molecule has 0 aromatic rings. The van der Waals surface area contributed by atoms with Crippen molar-refractivity contribution in [3.8, 4) is 0 Å². The standard InChI is InChI=1S/C9H18N2OS/c12-7-9(1-6-13-8-9)11-4-2-10-3-5-11/h10,12H,1-8H2. The van der Waals surface area contributed by atoms with E-state index in [9.17, 15) is 5.11 Å². The molecular formula is C9H18N2OS.